The number of para-hydroxylation sites is 1. The molecule has 0 unspecified atom stereocenters. The van der Waals surface area contributed by atoms with Crippen molar-refractivity contribution in [3.05, 3.63) is 76.2 Å². The second-order valence-corrected chi connectivity index (χ2v) is 5.52. The maximum Gasteiger partial charge on any atom is 0.417 e. The SMILES string of the molecule is Fc1ccc(/C=C/c2cc(Cl)c3ccccc3n2)c(C(F)(F)F)c1. The average Bonchev–Trinajstić information content (AvgIpc) is 2.53. The second-order valence-electron chi connectivity index (χ2n) is 5.11. The molecule has 0 aliphatic carbocycles. The van der Waals surface area contributed by atoms with Gasteiger partial charge in [-0.2, -0.15) is 13.2 Å². The first-order valence-corrected chi connectivity index (χ1v) is 7.32. The predicted octanol–water partition coefficient (Wildman–Crippen LogP) is 6.22. The van der Waals surface area contributed by atoms with Gasteiger partial charge in [0.05, 0.1) is 21.8 Å². The van der Waals surface area contributed by atoms with E-state index in [4.69, 9.17) is 11.6 Å². The van der Waals surface area contributed by atoms with Crippen LogP contribution in [0.15, 0.2) is 48.5 Å². The molecule has 0 saturated heterocycles. The lowest BCUT2D eigenvalue weighted by Gasteiger charge is -2.10. The van der Waals surface area contributed by atoms with Gasteiger partial charge in [0.1, 0.15) is 5.82 Å². The summed E-state index contributed by atoms with van der Waals surface area (Å²) < 4.78 is 52.1. The van der Waals surface area contributed by atoms with Gasteiger partial charge in [0.2, 0.25) is 0 Å². The maximum atomic E-state index is 13.1. The van der Waals surface area contributed by atoms with Crippen molar-refractivity contribution in [1.29, 1.82) is 0 Å². The molecule has 0 N–H and O–H groups in total. The van der Waals surface area contributed by atoms with Crippen LogP contribution in [0, 0.1) is 5.82 Å². The Balaban J connectivity index is 2.03. The third kappa shape index (κ3) is 3.41. The molecule has 1 heterocycles. The smallest absolute Gasteiger partial charge is 0.248 e. The Morgan fingerprint density at radius 3 is 2.46 bits per heavy atom. The van der Waals surface area contributed by atoms with E-state index in [2.05, 4.69) is 4.98 Å². The van der Waals surface area contributed by atoms with E-state index >= 15 is 0 Å². The minimum Gasteiger partial charge on any atom is -0.248 e. The van der Waals surface area contributed by atoms with Crippen molar-refractivity contribution in [2.75, 3.05) is 0 Å². The minimum absolute atomic E-state index is 0.144. The first-order chi connectivity index (χ1) is 11.3. The summed E-state index contributed by atoms with van der Waals surface area (Å²) in [6.07, 6.45) is -1.98. The molecule has 122 valence electrons. The van der Waals surface area contributed by atoms with Gasteiger partial charge in [0, 0.05) is 5.39 Å². The van der Waals surface area contributed by atoms with E-state index in [1.165, 1.54) is 12.2 Å². The minimum atomic E-state index is -4.64. The number of pyridine rings is 1. The lowest BCUT2D eigenvalue weighted by Crippen LogP contribution is -2.07. The summed E-state index contributed by atoms with van der Waals surface area (Å²) in [7, 11) is 0. The van der Waals surface area contributed by atoms with E-state index in [1.807, 2.05) is 6.07 Å². The lowest BCUT2D eigenvalue weighted by atomic mass is 10.1. The molecule has 0 amide bonds. The van der Waals surface area contributed by atoms with Crippen LogP contribution in [-0.4, -0.2) is 4.98 Å². The highest BCUT2D eigenvalue weighted by molar-refractivity contribution is 6.35. The van der Waals surface area contributed by atoms with E-state index in [1.54, 1.807) is 24.3 Å². The zero-order chi connectivity index (χ0) is 17.3. The van der Waals surface area contributed by atoms with Crippen LogP contribution in [0.2, 0.25) is 5.02 Å². The van der Waals surface area contributed by atoms with Gasteiger partial charge in [-0.1, -0.05) is 41.9 Å². The van der Waals surface area contributed by atoms with E-state index in [0.717, 1.165) is 17.5 Å². The van der Waals surface area contributed by atoms with Crippen LogP contribution in [0.4, 0.5) is 17.6 Å². The van der Waals surface area contributed by atoms with Crippen LogP contribution in [0.1, 0.15) is 16.8 Å². The van der Waals surface area contributed by atoms with Gasteiger partial charge in [-0.3, -0.25) is 0 Å². The van der Waals surface area contributed by atoms with Crippen molar-refractivity contribution in [2.45, 2.75) is 6.18 Å². The molecule has 6 heteroatoms. The summed E-state index contributed by atoms with van der Waals surface area (Å²) in [5.74, 6) is -0.939. The third-order valence-corrected chi connectivity index (χ3v) is 3.75. The summed E-state index contributed by atoms with van der Waals surface area (Å²) in [6, 6.07) is 11.3. The van der Waals surface area contributed by atoms with Gasteiger partial charge in [-0.25, -0.2) is 9.37 Å². The van der Waals surface area contributed by atoms with E-state index in [0.29, 0.717) is 22.3 Å². The molecule has 1 aromatic heterocycles. The van der Waals surface area contributed by atoms with Gasteiger partial charge >= 0.3 is 6.18 Å². The van der Waals surface area contributed by atoms with Crippen molar-refractivity contribution in [3.63, 3.8) is 0 Å². The third-order valence-electron chi connectivity index (χ3n) is 3.44. The Hall–Kier alpha value is -2.40. The quantitative estimate of drug-likeness (QED) is 0.500. The van der Waals surface area contributed by atoms with Gasteiger partial charge < -0.3 is 0 Å². The van der Waals surface area contributed by atoms with Crippen LogP contribution in [-0.2, 0) is 6.18 Å². The Morgan fingerprint density at radius 1 is 0.958 bits per heavy atom. The molecule has 24 heavy (non-hydrogen) atoms. The van der Waals surface area contributed by atoms with Crippen molar-refractivity contribution >= 4 is 34.7 Å². The largest absolute Gasteiger partial charge is 0.417 e. The molecule has 2 aromatic carbocycles. The number of rotatable bonds is 2. The fraction of sp³-hybridized carbons (Fsp3) is 0.0556. The van der Waals surface area contributed by atoms with E-state index < -0.39 is 17.6 Å². The predicted molar refractivity (Wildman–Crippen MR) is 87.1 cm³/mol. The summed E-state index contributed by atoms with van der Waals surface area (Å²) >= 11 is 6.17. The van der Waals surface area contributed by atoms with Crippen LogP contribution in [0.25, 0.3) is 23.1 Å². The van der Waals surface area contributed by atoms with Crippen LogP contribution < -0.4 is 0 Å². The lowest BCUT2D eigenvalue weighted by molar-refractivity contribution is -0.137. The van der Waals surface area contributed by atoms with Gasteiger partial charge in [-0.05, 0) is 35.9 Å². The molecule has 0 radical (unpaired) electrons. The maximum absolute atomic E-state index is 13.1. The fourth-order valence-electron chi connectivity index (χ4n) is 2.33. The number of fused-ring (bicyclic) bond motifs is 1. The summed E-state index contributed by atoms with van der Waals surface area (Å²) in [6.45, 7) is 0. The molecule has 1 nitrogen and oxygen atoms in total. The Bertz CT molecular complexity index is 932. The number of aromatic nitrogens is 1. The Kier molecular flexibility index (Phi) is 4.28. The van der Waals surface area contributed by atoms with Crippen LogP contribution in [0.5, 0.6) is 0 Å². The molecular formula is C18H10ClF4N. The normalized spacial score (nSPS) is 12.2. The zero-order valence-corrected chi connectivity index (χ0v) is 12.9. The molecule has 3 aromatic rings. The number of hydrogen-bond donors (Lipinski definition) is 0. The fourth-order valence-corrected chi connectivity index (χ4v) is 2.60. The van der Waals surface area contributed by atoms with E-state index in [-0.39, 0.29) is 5.56 Å². The Labute approximate surface area is 140 Å². The van der Waals surface area contributed by atoms with Gasteiger partial charge in [0.15, 0.2) is 0 Å². The topological polar surface area (TPSA) is 12.9 Å². The summed E-state index contributed by atoms with van der Waals surface area (Å²) in [5.41, 5.74) is -0.128. The average molecular weight is 352 g/mol. The highest BCUT2D eigenvalue weighted by Crippen LogP contribution is 2.33. The van der Waals surface area contributed by atoms with Crippen molar-refractivity contribution in [3.8, 4) is 0 Å². The number of alkyl halides is 3. The highest BCUT2D eigenvalue weighted by atomic mass is 35.5. The van der Waals surface area contributed by atoms with Crippen molar-refractivity contribution in [1.82, 2.24) is 4.98 Å². The van der Waals surface area contributed by atoms with Gasteiger partial charge in [-0.15, -0.1) is 0 Å². The zero-order valence-electron chi connectivity index (χ0n) is 12.1. The van der Waals surface area contributed by atoms with Gasteiger partial charge in [0.25, 0.3) is 0 Å². The number of nitrogens with zero attached hydrogens (tertiary/aromatic N) is 1. The highest BCUT2D eigenvalue weighted by Gasteiger charge is 2.33. The second kappa shape index (κ2) is 6.24. The monoisotopic (exact) mass is 351 g/mol. The van der Waals surface area contributed by atoms with Crippen LogP contribution >= 0.6 is 11.6 Å². The molecule has 0 fully saturated rings. The van der Waals surface area contributed by atoms with Crippen LogP contribution in [0.3, 0.4) is 0 Å². The number of hydrogen-bond acceptors (Lipinski definition) is 1. The van der Waals surface area contributed by atoms with Crippen molar-refractivity contribution < 1.29 is 17.6 Å². The van der Waals surface area contributed by atoms with Crippen molar-refractivity contribution in [2.24, 2.45) is 0 Å². The first kappa shape index (κ1) is 16.5. The number of benzene rings is 2. The molecule has 3 rings (SSSR count). The summed E-state index contributed by atoms with van der Waals surface area (Å²) in [5, 5.41) is 1.21. The van der Waals surface area contributed by atoms with E-state index in [9.17, 15) is 17.6 Å². The molecule has 0 aliphatic heterocycles. The molecule has 0 spiro atoms. The first-order valence-electron chi connectivity index (χ1n) is 6.95. The molecular weight excluding hydrogens is 342 g/mol. The molecule has 0 bridgehead atoms. The molecule has 0 saturated carbocycles. The molecule has 0 aliphatic rings. The standard InChI is InChI=1S/C18H10ClF4N/c19-16-10-13(24-17-4-2-1-3-14(16)17)8-6-11-5-7-12(20)9-15(11)18(21,22)23/h1-10H/b8-6+. The number of halogens is 5. The summed E-state index contributed by atoms with van der Waals surface area (Å²) in [4.78, 5) is 4.33. The molecule has 0 atom stereocenters. The Morgan fingerprint density at radius 2 is 1.71 bits per heavy atom.